The molecule has 1 aromatic rings. The van der Waals surface area contributed by atoms with Crippen LogP contribution in [0.1, 0.15) is 70.4 Å². The summed E-state index contributed by atoms with van der Waals surface area (Å²) < 4.78 is 6.56. The molecule has 1 heterocycles. The second-order valence-corrected chi connectivity index (χ2v) is 7.07. The molecular weight excluding hydrogens is 258 g/mol. The second-order valence-electron chi connectivity index (χ2n) is 7.07. The van der Waals surface area contributed by atoms with Gasteiger partial charge in [-0.1, -0.05) is 38.5 Å². The Morgan fingerprint density at radius 3 is 2.95 bits per heavy atom. The van der Waals surface area contributed by atoms with Crippen LogP contribution in [0.5, 0.6) is 5.75 Å². The van der Waals surface area contributed by atoms with Crippen molar-refractivity contribution < 1.29 is 4.74 Å². The van der Waals surface area contributed by atoms with Crippen molar-refractivity contribution >= 4 is 0 Å². The van der Waals surface area contributed by atoms with Gasteiger partial charge in [0.25, 0.3) is 0 Å². The number of nitrogens with one attached hydrogen (secondary N) is 1. The summed E-state index contributed by atoms with van der Waals surface area (Å²) in [5, 5.41) is 3.75. The summed E-state index contributed by atoms with van der Waals surface area (Å²) in [6.45, 7) is 5.72. The van der Waals surface area contributed by atoms with Crippen LogP contribution in [-0.4, -0.2) is 12.1 Å². The van der Waals surface area contributed by atoms with Crippen LogP contribution in [0.15, 0.2) is 24.3 Å². The van der Waals surface area contributed by atoms with Crippen LogP contribution in [0.4, 0.5) is 0 Å². The number of benzene rings is 1. The lowest BCUT2D eigenvalue weighted by atomic mass is 9.82. The molecule has 0 radical (unpaired) electrons. The summed E-state index contributed by atoms with van der Waals surface area (Å²) in [5.41, 5.74) is 1.43. The number of rotatable bonds is 3. The Morgan fingerprint density at radius 1 is 1.24 bits per heavy atom. The normalized spacial score (nSPS) is 32.3. The van der Waals surface area contributed by atoms with Crippen molar-refractivity contribution in [1.82, 2.24) is 5.32 Å². The lowest BCUT2D eigenvalue weighted by Crippen LogP contribution is -2.44. The summed E-state index contributed by atoms with van der Waals surface area (Å²) in [5.74, 6) is 1.97. The van der Waals surface area contributed by atoms with Gasteiger partial charge in [-0.05, 0) is 50.6 Å². The van der Waals surface area contributed by atoms with Crippen molar-refractivity contribution in [2.45, 2.75) is 70.4 Å². The van der Waals surface area contributed by atoms with E-state index >= 15 is 0 Å². The van der Waals surface area contributed by atoms with E-state index in [1.165, 1.54) is 44.1 Å². The molecule has 0 bridgehead atoms. The molecule has 1 N–H and O–H groups in total. The van der Waals surface area contributed by atoms with Crippen molar-refractivity contribution in [2.24, 2.45) is 5.92 Å². The van der Waals surface area contributed by atoms with E-state index in [9.17, 15) is 0 Å². The fourth-order valence-corrected chi connectivity index (χ4v) is 3.98. The van der Waals surface area contributed by atoms with Crippen LogP contribution in [0, 0.1) is 5.92 Å². The third kappa shape index (κ3) is 3.26. The van der Waals surface area contributed by atoms with Gasteiger partial charge < -0.3 is 10.1 Å². The molecule has 2 nitrogen and oxygen atoms in total. The number of ether oxygens (including phenoxy) is 1. The Hall–Kier alpha value is -1.02. The molecule has 2 aliphatic rings. The maximum Gasteiger partial charge on any atom is 0.124 e. The van der Waals surface area contributed by atoms with Crippen molar-refractivity contribution in [1.29, 1.82) is 0 Å². The van der Waals surface area contributed by atoms with E-state index in [0.29, 0.717) is 6.04 Å². The van der Waals surface area contributed by atoms with Crippen molar-refractivity contribution in [2.75, 3.05) is 6.54 Å². The molecule has 2 heteroatoms. The lowest BCUT2D eigenvalue weighted by Gasteiger charge is -2.42. The van der Waals surface area contributed by atoms with Crippen LogP contribution >= 0.6 is 0 Å². The predicted octanol–water partition coefficient (Wildman–Crippen LogP) is 4.85. The van der Waals surface area contributed by atoms with Gasteiger partial charge in [-0.15, -0.1) is 0 Å². The second kappa shape index (κ2) is 6.39. The molecule has 3 rings (SSSR count). The fourth-order valence-electron chi connectivity index (χ4n) is 3.98. The lowest BCUT2D eigenvalue weighted by molar-refractivity contribution is 0.0154. The third-order valence-electron chi connectivity index (χ3n) is 5.26. The van der Waals surface area contributed by atoms with Crippen LogP contribution in [-0.2, 0) is 0 Å². The fraction of sp³-hybridized carbons (Fsp3) is 0.684. The quantitative estimate of drug-likeness (QED) is 0.858. The summed E-state index contributed by atoms with van der Waals surface area (Å²) in [4.78, 5) is 0. The van der Waals surface area contributed by atoms with Gasteiger partial charge in [0.15, 0.2) is 0 Å². The SMILES string of the molecule is CCCNC1CC2(CCCC(C)CC2)Oc2ccccc21. The standard InChI is InChI=1S/C19H29NO/c1-3-13-20-17-14-19(11-6-7-15(2)10-12-19)21-18-9-5-4-8-16(17)18/h4-5,8-9,15,17,20H,3,6-7,10-14H2,1-2H3. The van der Waals surface area contributed by atoms with E-state index in [4.69, 9.17) is 4.74 Å². The Kier molecular flexibility index (Phi) is 4.54. The number of para-hydroxylation sites is 1. The first-order valence-electron chi connectivity index (χ1n) is 8.74. The first-order chi connectivity index (χ1) is 10.2. The molecule has 0 amide bonds. The number of hydrogen-bond donors (Lipinski definition) is 1. The molecule has 3 unspecified atom stereocenters. The topological polar surface area (TPSA) is 21.3 Å². The van der Waals surface area contributed by atoms with Crippen LogP contribution < -0.4 is 10.1 Å². The van der Waals surface area contributed by atoms with Crippen molar-refractivity contribution in [3.8, 4) is 5.75 Å². The molecule has 0 aromatic heterocycles. The van der Waals surface area contributed by atoms with E-state index in [2.05, 4.69) is 43.4 Å². The van der Waals surface area contributed by atoms with Crippen LogP contribution in [0.25, 0.3) is 0 Å². The van der Waals surface area contributed by atoms with E-state index < -0.39 is 0 Å². The van der Waals surface area contributed by atoms with E-state index in [-0.39, 0.29) is 5.60 Å². The molecule has 1 aliphatic carbocycles. The number of hydrogen-bond acceptors (Lipinski definition) is 2. The highest BCUT2D eigenvalue weighted by Gasteiger charge is 2.41. The third-order valence-corrected chi connectivity index (χ3v) is 5.26. The van der Waals surface area contributed by atoms with Gasteiger partial charge in [0.05, 0.1) is 0 Å². The minimum absolute atomic E-state index is 0.0739. The Labute approximate surface area is 129 Å². The molecule has 116 valence electrons. The molecule has 1 aromatic carbocycles. The zero-order valence-corrected chi connectivity index (χ0v) is 13.5. The molecular formula is C19H29NO. The molecule has 1 aliphatic heterocycles. The maximum atomic E-state index is 6.56. The maximum absolute atomic E-state index is 6.56. The Bertz CT molecular complexity index is 472. The molecule has 1 spiro atoms. The van der Waals surface area contributed by atoms with Crippen molar-refractivity contribution in [3.05, 3.63) is 29.8 Å². The van der Waals surface area contributed by atoms with Gasteiger partial charge in [0, 0.05) is 18.0 Å². The molecule has 0 saturated heterocycles. The molecule has 21 heavy (non-hydrogen) atoms. The van der Waals surface area contributed by atoms with E-state index in [1.807, 2.05) is 0 Å². The zero-order valence-electron chi connectivity index (χ0n) is 13.5. The molecule has 3 atom stereocenters. The Balaban J connectivity index is 1.85. The van der Waals surface area contributed by atoms with Gasteiger partial charge in [-0.2, -0.15) is 0 Å². The minimum atomic E-state index is 0.0739. The summed E-state index contributed by atoms with van der Waals surface area (Å²) >= 11 is 0. The highest BCUT2D eigenvalue weighted by molar-refractivity contribution is 5.39. The minimum Gasteiger partial charge on any atom is -0.487 e. The first-order valence-corrected chi connectivity index (χ1v) is 8.74. The predicted molar refractivity (Wildman–Crippen MR) is 87.7 cm³/mol. The molecule has 1 fully saturated rings. The summed E-state index contributed by atoms with van der Waals surface area (Å²) in [6, 6.07) is 9.09. The van der Waals surface area contributed by atoms with Gasteiger partial charge in [-0.25, -0.2) is 0 Å². The van der Waals surface area contributed by atoms with Crippen LogP contribution in [0.3, 0.4) is 0 Å². The first kappa shape index (κ1) is 14.9. The van der Waals surface area contributed by atoms with Crippen LogP contribution in [0.2, 0.25) is 0 Å². The van der Waals surface area contributed by atoms with Gasteiger partial charge in [0.1, 0.15) is 11.4 Å². The molecule has 1 saturated carbocycles. The monoisotopic (exact) mass is 287 g/mol. The Morgan fingerprint density at radius 2 is 2.10 bits per heavy atom. The average molecular weight is 287 g/mol. The van der Waals surface area contributed by atoms with Gasteiger partial charge in [-0.3, -0.25) is 0 Å². The zero-order chi connectivity index (χ0) is 14.7. The van der Waals surface area contributed by atoms with Gasteiger partial charge in [0.2, 0.25) is 0 Å². The number of fused-ring (bicyclic) bond motifs is 1. The summed E-state index contributed by atoms with van der Waals surface area (Å²) in [6.07, 6.45) is 8.73. The average Bonchev–Trinajstić information content (AvgIpc) is 2.67. The van der Waals surface area contributed by atoms with E-state index in [1.54, 1.807) is 0 Å². The largest absolute Gasteiger partial charge is 0.487 e. The summed E-state index contributed by atoms with van der Waals surface area (Å²) in [7, 11) is 0. The highest BCUT2D eigenvalue weighted by Crippen LogP contribution is 2.46. The smallest absolute Gasteiger partial charge is 0.124 e. The van der Waals surface area contributed by atoms with E-state index in [0.717, 1.165) is 24.6 Å². The highest BCUT2D eigenvalue weighted by atomic mass is 16.5. The van der Waals surface area contributed by atoms with Gasteiger partial charge >= 0.3 is 0 Å². The van der Waals surface area contributed by atoms with Crippen molar-refractivity contribution in [3.63, 3.8) is 0 Å².